The number of amides is 1. The molecule has 0 radical (unpaired) electrons. The molecule has 1 fully saturated rings. The van der Waals surface area contributed by atoms with E-state index in [0.717, 1.165) is 29.4 Å². The van der Waals surface area contributed by atoms with Crippen LogP contribution < -0.4 is 16.4 Å². The van der Waals surface area contributed by atoms with Crippen LogP contribution in [0.4, 0.5) is 15.9 Å². The minimum Gasteiger partial charge on any atom is -0.385 e. The number of nitrogens with two attached hydrogens (primary N) is 1. The van der Waals surface area contributed by atoms with Gasteiger partial charge in [0.15, 0.2) is 0 Å². The van der Waals surface area contributed by atoms with E-state index in [1.54, 1.807) is 12.1 Å². The number of aromatic amines is 1. The van der Waals surface area contributed by atoms with Crippen LogP contribution in [0.25, 0.3) is 22.0 Å². The van der Waals surface area contributed by atoms with Crippen LogP contribution in [0.15, 0.2) is 36.4 Å². The Balaban J connectivity index is 1.82. The zero-order valence-electron chi connectivity index (χ0n) is 14.5. The van der Waals surface area contributed by atoms with E-state index in [2.05, 4.69) is 15.6 Å². The van der Waals surface area contributed by atoms with E-state index in [4.69, 9.17) is 5.73 Å². The van der Waals surface area contributed by atoms with Crippen LogP contribution in [0.2, 0.25) is 0 Å². The zero-order chi connectivity index (χ0) is 18.3. The molecule has 5 N–H and O–H groups in total. The fourth-order valence-corrected chi connectivity index (χ4v) is 3.62. The first-order chi connectivity index (χ1) is 12.5. The molecule has 4 rings (SSSR count). The predicted octanol–water partition coefficient (Wildman–Crippen LogP) is 3.41. The van der Waals surface area contributed by atoms with Gasteiger partial charge in [-0.05, 0) is 55.3 Å². The number of rotatable bonds is 3. The summed E-state index contributed by atoms with van der Waals surface area (Å²) in [5.74, 6) is 0.125. The molecular weight excluding hydrogens is 331 g/mol. The van der Waals surface area contributed by atoms with E-state index in [0.29, 0.717) is 29.2 Å². The number of nitrogens with one attached hydrogen (secondary N) is 3. The van der Waals surface area contributed by atoms with Gasteiger partial charge in [0.05, 0.1) is 11.6 Å². The number of benzene rings is 2. The monoisotopic (exact) mass is 352 g/mol. The molecule has 1 saturated heterocycles. The van der Waals surface area contributed by atoms with Gasteiger partial charge in [-0.1, -0.05) is 12.1 Å². The van der Waals surface area contributed by atoms with Gasteiger partial charge in [0.1, 0.15) is 11.6 Å². The highest BCUT2D eigenvalue weighted by atomic mass is 19.1. The van der Waals surface area contributed by atoms with Crippen molar-refractivity contribution in [2.24, 2.45) is 5.92 Å². The van der Waals surface area contributed by atoms with Gasteiger partial charge in [0.25, 0.3) is 0 Å². The molecule has 1 aliphatic rings. The molecular formula is C20H21FN4O. The average Bonchev–Trinajstić information content (AvgIpc) is 3.23. The lowest BCUT2D eigenvalue weighted by molar-refractivity contribution is -0.119. The third-order valence-electron chi connectivity index (χ3n) is 4.96. The quantitative estimate of drug-likeness (QED) is 0.583. The lowest BCUT2D eigenvalue weighted by atomic mass is 9.98. The standard InChI is InChI=1S/C20H21FN4O/c1-11-3-2-4-15(21)19(11)13-7-16-14(9-18(22)24-16)17(8-13)25-20(26)12-5-6-23-10-12/h2-4,7-9,12,23-24H,5-6,10,22H2,1H3,(H,25,26). The highest BCUT2D eigenvalue weighted by Gasteiger charge is 2.23. The van der Waals surface area contributed by atoms with Crippen molar-refractivity contribution in [3.05, 3.63) is 47.8 Å². The number of hydrogen-bond acceptors (Lipinski definition) is 3. The third kappa shape index (κ3) is 2.93. The van der Waals surface area contributed by atoms with Crippen LogP contribution in [-0.2, 0) is 4.79 Å². The van der Waals surface area contributed by atoms with E-state index < -0.39 is 0 Å². The van der Waals surface area contributed by atoms with Gasteiger partial charge in [-0.3, -0.25) is 4.79 Å². The van der Waals surface area contributed by atoms with Gasteiger partial charge in [-0.15, -0.1) is 0 Å². The van der Waals surface area contributed by atoms with Gasteiger partial charge < -0.3 is 21.4 Å². The average molecular weight is 352 g/mol. The molecule has 26 heavy (non-hydrogen) atoms. The second kappa shape index (κ2) is 6.46. The summed E-state index contributed by atoms with van der Waals surface area (Å²) in [6.07, 6.45) is 0.816. The Kier molecular flexibility index (Phi) is 4.12. The minimum atomic E-state index is -0.291. The van der Waals surface area contributed by atoms with Crippen molar-refractivity contribution >= 4 is 28.3 Å². The topological polar surface area (TPSA) is 82.9 Å². The molecule has 0 aliphatic carbocycles. The number of nitrogen functional groups attached to an aromatic ring is 1. The minimum absolute atomic E-state index is 0.0292. The fourth-order valence-electron chi connectivity index (χ4n) is 3.62. The maximum Gasteiger partial charge on any atom is 0.228 e. The highest BCUT2D eigenvalue weighted by Crippen LogP contribution is 2.35. The van der Waals surface area contributed by atoms with Gasteiger partial charge in [-0.25, -0.2) is 4.39 Å². The second-order valence-electron chi connectivity index (χ2n) is 6.82. The van der Waals surface area contributed by atoms with Crippen molar-refractivity contribution in [1.82, 2.24) is 10.3 Å². The van der Waals surface area contributed by atoms with E-state index in [1.807, 2.05) is 25.1 Å². The molecule has 1 atom stereocenters. The number of fused-ring (bicyclic) bond motifs is 1. The first-order valence-electron chi connectivity index (χ1n) is 8.72. The van der Waals surface area contributed by atoms with Crippen molar-refractivity contribution in [2.45, 2.75) is 13.3 Å². The molecule has 1 aliphatic heterocycles. The molecule has 1 aromatic heterocycles. The van der Waals surface area contributed by atoms with E-state index >= 15 is 0 Å². The van der Waals surface area contributed by atoms with Crippen molar-refractivity contribution < 1.29 is 9.18 Å². The Morgan fingerprint density at radius 1 is 1.31 bits per heavy atom. The van der Waals surface area contributed by atoms with Crippen LogP contribution in [0.3, 0.4) is 0 Å². The number of aryl methyl sites for hydroxylation is 1. The summed E-state index contributed by atoms with van der Waals surface area (Å²) in [5, 5.41) is 7.03. The summed E-state index contributed by atoms with van der Waals surface area (Å²) >= 11 is 0. The van der Waals surface area contributed by atoms with Crippen LogP contribution in [0.5, 0.6) is 0 Å². The molecule has 3 aromatic rings. The normalized spacial score (nSPS) is 16.9. The number of carbonyl (C=O) groups excluding carboxylic acids is 1. The first kappa shape index (κ1) is 16.6. The summed E-state index contributed by atoms with van der Waals surface area (Å²) in [6.45, 7) is 3.39. The Bertz CT molecular complexity index is 969. The molecule has 6 heteroatoms. The van der Waals surface area contributed by atoms with Crippen molar-refractivity contribution in [3.63, 3.8) is 0 Å². The molecule has 2 aromatic carbocycles. The maximum atomic E-state index is 14.5. The zero-order valence-corrected chi connectivity index (χ0v) is 14.5. The van der Waals surface area contributed by atoms with Gasteiger partial charge >= 0.3 is 0 Å². The summed E-state index contributed by atoms with van der Waals surface area (Å²) < 4.78 is 14.5. The lowest BCUT2D eigenvalue weighted by Gasteiger charge is -2.14. The fraction of sp³-hybridized carbons (Fsp3) is 0.250. The number of anilines is 2. The lowest BCUT2D eigenvalue weighted by Crippen LogP contribution is -2.24. The maximum absolute atomic E-state index is 14.5. The molecule has 0 saturated carbocycles. The molecule has 134 valence electrons. The smallest absolute Gasteiger partial charge is 0.228 e. The second-order valence-corrected chi connectivity index (χ2v) is 6.82. The first-order valence-corrected chi connectivity index (χ1v) is 8.72. The van der Waals surface area contributed by atoms with Gasteiger partial charge in [-0.2, -0.15) is 0 Å². The van der Waals surface area contributed by atoms with E-state index in [1.165, 1.54) is 6.07 Å². The van der Waals surface area contributed by atoms with Gasteiger partial charge in [0.2, 0.25) is 5.91 Å². The molecule has 1 amide bonds. The molecule has 0 spiro atoms. The van der Waals surface area contributed by atoms with Crippen LogP contribution in [-0.4, -0.2) is 24.0 Å². The Morgan fingerprint density at radius 2 is 2.15 bits per heavy atom. The number of H-pyrrole nitrogens is 1. The van der Waals surface area contributed by atoms with E-state index in [-0.39, 0.29) is 17.6 Å². The largest absolute Gasteiger partial charge is 0.385 e. The number of aromatic nitrogens is 1. The summed E-state index contributed by atoms with van der Waals surface area (Å²) in [4.78, 5) is 15.7. The van der Waals surface area contributed by atoms with Crippen molar-refractivity contribution in [2.75, 3.05) is 24.1 Å². The molecule has 5 nitrogen and oxygen atoms in total. The third-order valence-corrected chi connectivity index (χ3v) is 4.96. The van der Waals surface area contributed by atoms with Crippen LogP contribution >= 0.6 is 0 Å². The summed E-state index contributed by atoms with van der Waals surface area (Å²) in [7, 11) is 0. The molecule has 0 bridgehead atoms. The highest BCUT2D eigenvalue weighted by molar-refractivity contribution is 6.05. The van der Waals surface area contributed by atoms with Crippen LogP contribution in [0.1, 0.15) is 12.0 Å². The molecule has 1 unspecified atom stereocenters. The predicted molar refractivity (Wildman–Crippen MR) is 102 cm³/mol. The summed E-state index contributed by atoms with van der Waals surface area (Å²) in [5.41, 5.74) is 9.38. The van der Waals surface area contributed by atoms with Crippen LogP contribution in [0, 0.1) is 18.7 Å². The number of carbonyl (C=O) groups is 1. The van der Waals surface area contributed by atoms with Gasteiger partial charge in [0, 0.05) is 23.0 Å². The van der Waals surface area contributed by atoms with Crippen molar-refractivity contribution in [3.8, 4) is 11.1 Å². The van der Waals surface area contributed by atoms with Crippen molar-refractivity contribution in [1.29, 1.82) is 0 Å². The summed E-state index contributed by atoms with van der Waals surface area (Å²) in [6, 6.07) is 10.5. The molecule has 2 heterocycles. The Labute approximate surface area is 150 Å². The number of hydrogen-bond donors (Lipinski definition) is 4. The Morgan fingerprint density at radius 3 is 2.88 bits per heavy atom. The number of halogens is 1. The van der Waals surface area contributed by atoms with E-state index in [9.17, 15) is 9.18 Å². The Hall–Kier alpha value is -2.86. The SMILES string of the molecule is Cc1cccc(F)c1-c1cc(NC(=O)C2CCNC2)c2cc(N)[nH]c2c1.